The van der Waals surface area contributed by atoms with Gasteiger partial charge in [-0.05, 0) is 35.2 Å². The van der Waals surface area contributed by atoms with E-state index >= 15 is 0 Å². The molecule has 1 aliphatic heterocycles. The molecule has 0 saturated heterocycles. The zero-order valence-electron chi connectivity index (χ0n) is 18.4. The number of carbonyl (C=O) groups is 1. The van der Waals surface area contributed by atoms with Crippen LogP contribution in [0.4, 0.5) is 0 Å². The third-order valence-corrected chi connectivity index (χ3v) is 6.90. The van der Waals surface area contributed by atoms with Gasteiger partial charge in [0.2, 0.25) is 5.91 Å². The van der Waals surface area contributed by atoms with Gasteiger partial charge in [0.25, 0.3) is 0 Å². The lowest BCUT2D eigenvalue weighted by atomic mass is 9.87. The summed E-state index contributed by atoms with van der Waals surface area (Å²) in [6.07, 6.45) is 1.09. The molecule has 6 heteroatoms. The van der Waals surface area contributed by atoms with Crippen LogP contribution in [0.15, 0.2) is 47.8 Å². The van der Waals surface area contributed by atoms with Crippen molar-refractivity contribution in [2.24, 2.45) is 0 Å². The average molecular weight is 437 g/mol. The predicted octanol–water partition coefficient (Wildman–Crippen LogP) is 5.00. The van der Waals surface area contributed by atoms with E-state index < -0.39 is 0 Å². The van der Waals surface area contributed by atoms with Crippen LogP contribution in [0, 0.1) is 0 Å². The van der Waals surface area contributed by atoms with Crippen molar-refractivity contribution in [3.8, 4) is 11.5 Å². The van der Waals surface area contributed by atoms with Gasteiger partial charge in [-0.15, -0.1) is 11.3 Å². The van der Waals surface area contributed by atoms with E-state index in [1.54, 1.807) is 25.6 Å². The number of thiazole rings is 1. The first-order valence-corrected chi connectivity index (χ1v) is 11.4. The molecule has 2 aromatic carbocycles. The van der Waals surface area contributed by atoms with Gasteiger partial charge in [-0.2, -0.15) is 0 Å². The minimum atomic E-state index is -0.166. The third kappa shape index (κ3) is 4.30. The maximum atomic E-state index is 13.5. The van der Waals surface area contributed by atoms with E-state index in [0.29, 0.717) is 24.6 Å². The van der Waals surface area contributed by atoms with Gasteiger partial charge in [-0.25, -0.2) is 4.98 Å². The maximum absolute atomic E-state index is 13.5. The second kappa shape index (κ2) is 9.10. The molecule has 1 amide bonds. The van der Waals surface area contributed by atoms with E-state index in [9.17, 15) is 4.79 Å². The van der Waals surface area contributed by atoms with Gasteiger partial charge in [-0.1, -0.05) is 44.2 Å². The topological polar surface area (TPSA) is 51.7 Å². The molecule has 3 aromatic rings. The average Bonchev–Trinajstić information content (AvgIpc) is 3.26. The highest BCUT2D eigenvalue weighted by molar-refractivity contribution is 7.09. The fraction of sp³-hybridized carbons (Fsp3) is 0.360. The minimum Gasteiger partial charge on any atom is -0.493 e. The van der Waals surface area contributed by atoms with Crippen molar-refractivity contribution >= 4 is 17.2 Å². The van der Waals surface area contributed by atoms with E-state index in [1.165, 1.54) is 5.56 Å². The van der Waals surface area contributed by atoms with Crippen LogP contribution in [0.25, 0.3) is 0 Å². The Kier molecular flexibility index (Phi) is 6.28. The Morgan fingerprint density at radius 2 is 1.87 bits per heavy atom. The first-order valence-electron chi connectivity index (χ1n) is 10.5. The molecule has 1 unspecified atom stereocenters. The number of methoxy groups -OCH3 is 2. The Balaban J connectivity index is 1.71. The van der Waals surface area contributed by atoms with Gasteiger partial charge >= 0.3 is 0 Å². The van der Waals surface area contributed by atoms with Gasteiger partial charge in [0.05, 0.1) is 37.4 Å². The lowest BCUT2D eigenvalue weighted by molar-refractivity contribution is -0.132. The van der Waals surface area contributed by atoms with Crippen LogP contribution in [0.1, 0.15) is 53.2 Å². The van der Waals surface area contributed by atoms with E-state index in [1.807, 2.05) is 40.6 Å². The van der Waals surface area contributed by atoms with Crippen LogP contribution in [0.2, 0.25) is 0 Å². The molecule has 0 spiro atoms. The summed E-state index contributed by atoms with van der Waals surface area (Å²) in [6, 6.07) is 14.1. The van der Waals surface area contributed by atoms with Crippen molar-refractivity contribution in [2.45, 2.75) is 38.6 Å². The third-order valence-electron chi connectivity index (χ3n) is 5.71. The number of hydrogen-bond donors (Lipinski definition) is 0. The lowest BCUT2D eigenvalue weighted by Gasteiger charge is -2.38. The quantitative estimate of drug-likeness (QED) is 0.546. The van der Waals surface area contributed by atoms with Crippen LogP contribution >= 0.6 is 11.3 Å². The molecule has 2 heterocycles. The second-order valence-corrected chi connectivity index (χ2v) is 8.95. The maximum Gasteiger partial charge on any atom is 0.229 e. The monoisotopic (exact) mass is 436 g/mol. The Labute approximate surface area is 187 Å². The second-order valence-electron chi connectivity index (χ2n) is 8.06. The molecule has 0 bridgehead atoms. The van der Waals surface area contributed by atoms with Crippen molar-refractivity contribution in [3.63, 3.8) is 0 Å². The molecule has 0 saturated carbocycles. The van der Waals surface area contributed by atoms with Gasteiger partial charge < -0.3 is 14.4 Å². The van der Waals surface area contributed by atoms with Crippen molar-refractivity contribution < 1.29 is 14.3 Å². The number of hydrogen-bond acceptors (Lipinski definition) is 5. The SMILES string of the molecule is COc1cc2c(cc1OC)C(c1ccccc1)N(C(=O)Cc1csc(C(C)C)n1)CC2. The molecule has 5 nitrogen and oxygen atoms in total. The number of carbonyl (C=O) groups excluding carboxylic acids is 1. The van der Waals surface area contributed by atoms with E-state index in [2.05, 4.69) is 31.0 Å². The molecule has 0 N–H and O–H groups in total. The number of rotatable bonds is 6. The summed E-state index contributed by atoms with van der Waals surface area (Å²) >= 11 is 1.63. The number of aromatic nitrogens is 1. The highest BCUT2D eigenvalue weighted by Gasteiger charge is 2.33. The smallest absolute Gasteiger partial charge is 0.229 e. The van der Waals surface area contributed by atoms with Gasteiger partial charge in [0.1, 0.15) is 0 Å². The Morgan fingerprint density at radius 3 is 2.52 bits per heavy atom. The summed E-state index contributed by atoms with van der Waals surface area (Å²) < 4.78 is 11.1. The van der Waals surface area contributed by atoms with E-state index in [-0.39, 0.29) is 11.9 Å². The molecule has 162 valence electrons. The van der Waals surface area contributed by atoms with Crippen LogP contribution in [-0.4, -0.2) is 36.6 Å². The largest absolute Gasteiger partial charge is 0.493 e. The molecule has 1 aliphatic rings. The van der Waals surface area contributed by atoms with Gasteiger partial charge in [0.15, 0.2) is 11.5 Å². The fourth-order valence-electron chi connectivity index (χ4n) is 4.13. The zero-order valence-corrected chi connectivity index (χ0v) is 19.2. The van der Waals surface area contributed by atoms with Crippen LogP contribution < -0.4 is 9.47 Å². The lowest BCUT2D eigenvalue weighted by Crippen LogP contribution is -2.41. The molecule has 0 radical (unpaired) electrons. The zero-order chi connectivity index (χ0) is 22.0. The Bertz CT molecular complexity index is 1060. The molecule has 0 aliphatic carbocycles. The van der Waals surface area contributed by atoms with E-state index in [0.717, 1.165) is 34.0 Å². The van der Waals surface area contributed by atoms with Crippen molar-refractivity contribution in [1.29, 1.82) is 0 Å². The molecular weight excluding hydrogens is 408 g/mol. The first kappa shape index (κ1) is 21.4. The van der Waals surface area contributed by atoms with Crippen LogP contribution in [0.5, 0.6) is 11.5 Å². The van der Waals surface area contributed by atoms with Crippen molar-refractivity contribution in [2.75, 3.05) is 20.8 Å². The molecule has 31 heavy (non-hydrogen) atoms. The van der Waals surface area contributed by atoms with E-state index in [4.69, 9.17) is 9.47 Å². The van der Waals surface area contributed by atoms with Gasteiger partial charge in [-0.3, -0.25) is 4.79 Å². The number of ether oxygens (including phenoxy) is 2. The number of nitrogens with zero attached hydrogens (tertiary/aromatic N) is 2. The molecule has 1 aromatic heterocycles. The van der Waals surface area contributed by atoms with Gasteiger partial charge in [0, 0.05) is 17.8 Å². The molecule has 0 fully saturated rings. The van der Waals surface area contributed by atoms with Crippen molar-refractivity contribution in [3.05, 3.63) is 75.2 Å². The molecule has 1 atom stereocenters. The summed E-state index contributed by atoms with van der Waals surface area (Å²) in [6.45, 7) is 4.90. The Morgan fingerprint density at radius 1 is 1.16 bits per heavy atom. The molecule has 4 rings (SSSR count). The number of benzene rings is 2. The predicted molar refractivity (Wildman–Crippen MR) is 123 cm³/mol. The van der Waals surface area contributed by atoms with Crippen LogP contribution in [0.3, 0.4) is 0 Å². The highest BCUT2D eigenvalue weighted by Crippen LogP contribution is 2.41. The molecular formula is C25H28N2O3S. The highest BCUT2D eigenvalue weighted by atomic mass is 32.1. The minimum absolute atomic E-state index is 0.0925. The standard InChI is InChI=1S/C25H28N2O3S/c1-16(2)25-26-19(15-31-25)13-23(28)27-11-10-18-12-21(29-3)22(30-4)14-20(18)24(27)17-8-6-5-7-9-17/h5-9,12,14-16,24H,10-11,13H2,1-4H3. The summed E-state index contributed by atoms with van der Waals surface area (Å²) in [7, 11) is 3.29. The summed E-state index contributed by atoms with van der Waals surface area (Å²) in [4.78, 5) is 20.1. The Hall–Kier alpha value is -2.86. The normalized spacial score (nSPS) is 15.6. The number of fused-ring (bicyclic) bond motifs is 1. The summed E-state index contributed by atoms with van der Waals surface area (Å²) in [5.74, 6) is 1.86. The first-order chi connectivity index (χ1) is 15.0. The van der Waals surface area contributed by atoms with Crippen LogP contribution in [-0.2, 0) is 17.6 Å². The fourth-order valence-corrected chi connectivity index (χ4v) is 4.97. The summed E-state index contributed by atoms with van der Waals surface area (Å²) in [5, 5.41) is 3.08. The number of amides is 1. The van der Waals surface area contributed by atoms with Crippen molar-refractivity contribution in [1.82, 2.24) is 9.88 Å². The summed E-state index contributed by atoms with van der Waals surface area (Å²) in [5.41, 5.74) is 4.21.